The van der Waals surface area contributed by atoms with Crippen LogP contribution in [0.2, 0.25) is 5.02 Å². The van der Waals surface area contributed by atoms with Gasteiger partial charge in [0.05, 0.1) is 18.2 Å². The summed E-state index contributed by atoms with van der Waals surface area (Å²) in [5, 5.41) is 4.77. The summed E-state index contributed by atoms with van der Waals surface area (Å²) in [6.45, 7) is 0.673. The highest BCUT2D eigenvalue weighted by Gasteiger charge is 2.29. The third kappa shape index (κ3) is 3.61. The van der Waals surface area contributed by atoms with E-state index in [-0.39, 0.29) is 23.9 Å². The van der Waals surface area contributed by atoms with Gasteiger partial charge in [-0.2, -0.15) is 5.10 Å². The van der Waals surface area contributed by atoms with Gasteiger partial charge in [0.25, 0.3) is 0 Å². The normalized spacial score (nSPS) is 18.5. The van der Waals surface area contributed by atoms with E-state index in [4.69, 9.17) is 11.6 Å². The fraction of sp³-hybridized carbons (Fsp3) is 0.444. The number of nitrogens with zero attached hydrogens (tertiary/aromatic N) is 3. The van der Waals surface area contributed by atoms with E-state index in [1.54, 1.807) is 16.8 Å². The van der Waals surface area contributed by atoms with Crippen molar-refractivity contribution in [2.24, 2.45) is 7.05 Å². The van der Waals surface area contributed by atoms with E-state index in [0.29, 0.717) is 11.6 Å². The molecule has 24 heavy (non-hydrogen) atoms. The molecule has 0 N–H and O–H groups in total. The first-order chi connectivity index (χ1) is 11.6. The molecular weight excluding hydrogens is 329 g/mol. The molecule has 0 radical (unpaired) electrons. The molecule has 1 aromatic heterocycles. The van der Waals surface area contributed by atoms with Crippen molar-refractivity contribution in [2.75, 3.05) is 6.54 Å². The predicted octanol–water partition coefficient (Wildman–Crippen LogP) is 3.90. The van der Waals surface area contributed by atoms with Gasteiger partial charge in [0.15, 0.2) is 0 Å². The van der Waals surface area contributed by atoms with Crippen molar-refractivity contribution in [1.29, 1.82) is 0 Å². The Balaban J connectivity index is 1.84. The smallest absolute Gasteiger partial charge is 0.227 e. The number of hydrogen-bond acceptors (Lipinski definition) is 2. The second-order valence-corrected chi connectivity index (χ2v) is 6.65. The van der Waals surface area contributed by atoms with Crippen molar-refractivity contribution < 1.29 is 9.18 Å². The summed E-state index contributed by atoms with van der Waals surface area (Å²) in [6.07, 6.45) is 5.86. The van der Waals surface area contributed by atoms with Crippen LogP contribution in [0.4, 0.5) is 4.39 Å². The zero-order chi connectivity index (χ0) is 17.1. The lowest BCUT2D eigenvalue weighted by Gasteiger charge is -2.29. The van der Waals surface area contributed by atoms with E-state index in [9.17, 15) is 9.18 Å². The third-order valence-electron chi connectivity index (χ3n) is 4.54. The number of benzene rings is 1. The number of likely N-dealkylation sites (tertiary alicyclic amines) is 1. The lowest BCUT2D eigenvalue weighted by Crippen LogP contribution is -2.36. The molecule has 3 rings (SSSR count). The molecule has 1 atom stereocenters. The van der Waals surface area contributed by atoms with E-state index < -0.39 is 5.82 Å². The van der Waals surface area contributed by atoms with Crippen molar-refractivity contribution in [3.05, 3.63) is 52.6 Å². The maximum Gasteiger partial charge on any atom is 0.227 e. The van der Waals surface area contributed by atoms with Crippen LogP contribution in [0, 0.1) is 5.82 Å². The molecule has 1 saturated heterocycles. The number of amides is 1. The van der Waals surface area contributed by atoms with Crippen molar-refractivity contribution in [1.82, 2.24) is 14.7 Å². The summed E-state index contributed by atoms with van der Waals surface area (Å²) in [4.78, 5) is 14.7. The molecule has 1 aliphatic heterocycles. The first-order valence-electron chi connectivity index (χ1n) is 8.28. The van der Waals surface area contributed by atoms with Crippen LogP contribution in [0.3, 0.4) is 0 Å². The van der Waals surface area contributed by atoms with Gasteiger partial charge in [0.2, 0.25) is 5.91 Å². The molecule has 0 saturated carbocycles. The second kappa shape index (κ2) is 7.34. The molecule has 0 aliphatic carbocycles. The molecule has 2 heterocycles. The Morgan fingerprint density at radius 3 is 2.88 bits per heavy atom. The topological polar surface area (TPSA) is 38.1 Å². The maximum atomic E-state index is 14.0. The van der Waals surface area contributed by atoms with Gasteiger partial charge >= 0.3 is 0 Å². The summed E-state index contributed by atoms with van der Waals surface area (Å²) in [5.74, 6) is -0.528. The van der Waals surface area contributed by atoms with Crippen LogP contribution in [0.5, 0.6) is 0 Å². The Hall–Kier alpha value is -1.88. The molecule has 0 unspecified atom stereocenters. The van der Waals surface area contributed by atoms with Gasteiger partial charge in [-0.25, -0.2) is 4.39 Å². The molecule has 6 heteroatoms. The van der Waals surface area contributed by atoms with Gasteiger partial charge in [-0.1, -0.05) is 30.5 Å². The molecule has 1 fully saturated rings. The SMILES string of the molecule is Cn1ccc([C@H]2CCCCCN2C(=O)Cc2c(F)cccc2Cl)n1. The first-order valence-corrected chi connectivity index (χ1v) is 8.66. The van der Waals surface area contributed by atoms with Crippen LogP contribution in [0.1, 0.15) is 43.0 Å². The molecule has 2 aromatic rings. The monoisotopic (exact) mass is 349 g/mol. The Morgan fingerprint density at radius 2 is 2.17 bits per heavy atom. The number of aryl methyl sites for hydroxylation is 1. The van der Waals surface area contributed by atoms with Gasteiger partial charge in [-0.3, -0.25) is 9.48 Å². The fourth-order valence-corrected chi connectivity index (χ4v) is 3.51. The quantitative estimate of drug-likeness (QED) is 0.842. The number of halogens is 2. The molecule has 0 spiro atoms. The predicted molar refractivity (Wildman–Crippen MR) is 91.2 cm³/mol. The van der Waals surface area contributed by atoms with Gasteiger partial charge in [0, 0.05) is 30.4 Å². The molecular formula is C18H21ClFN3O. The molecule has 1 aliphatic rings. The van der Waals surface area contributed by atoms with Gasteiger partial charge < -0.3 is 4.90 Å². The first kappa shape index (κ1) is 17.0. The van der Waals surface area contributed by atoms with Crippen LogP contribution in [0.15, 0.2) is 30.5 Å². The molecule has 1 amide bonds. The number of hydrogen-bond donors (Lipinski definition) is 0. The molecule has 128 valence electrons. The van der Waals surface area contributed by atoms with E-state index in [0.717, 1.165) is 31.4 Å². The Morgan fingerprint density at radius 1 is 1.33 bits per heavy atom. The number of aromatic nitrogens is 2. The number of carbonyl (C=O) groups excluding carboxylic acids is 1. The fourth-order valence-electron chi connectivity index (χ4n) is 3.28. The Kier molecular flexibility index (Phi) is 5.19. The summed E-state index contributed by atoms with van der Waals surface area (Å²) >= 11 is 6.08. The van der Waals surface area contributed by atoms with Gasteiger partial charge in [0.1, 0.15) is 5.82 Å². The summed E-state index contributed by atoms with van der Waals surface area (Å²) in [6, 6.07) is 6.41. The molecule has 0 bridgehead atoms. The molecule has 4 nitrogen and oxygen atoms in total. The lowest BCUT2D eigenvalue weighted by atomic mass is 10.1. The minimum absolute atomic E-state index is 0.0190. The van der Waals surface area contributed by atoms with Crippen LogP contribution in [0.25, 0.3) is 0 Å². The van der Waals surface area contributed by atoms with E-state index in [1.165, 1.54) is 6.07 Å². The highest BCUT2D eigenvalue weighted by molar-refractivity contribution is 6.31. The average molecular weight is 350 g/mol. The van der Waals surface area contributed by atoms with Crippen molar-refractivity contribution in [2.45, 2.75) is 38.1 Å². The van der Waals surface area contributed by atoms with E-state index >= 15 is 0 Å². The van der Waals surface area contributed by atoms with Crippen molar-refractivity contribution >= 4 is 17.5 Å². The Bertz CT molecular complexity index is 711. The number of carbonyl (C=O) groups is 1. The van der Waals surface area contributed by atoms with Crippen LogP contribution < -0.4 is 0 Å². The standard InChI is InChI=1S/C18H21ClFN3O/c1-22-11-9-16(21-22)17-8-3-2-4-10-23(17)18(24)12-13-14(19)6-5-7-15(13)20/h5-7,9,11,17H,2-4,8,10,12H2,1H3/t17-/m1/s1. The molecule has 1 aromatic carbocycles. The average Bonchev–Trinajstić information content (AvgIpc) is 2.83. The van der Waals surface area contributed by atoms with Crippen LogP contribution >= 0.6 is 11.6 Å². The van der Waals surface area contributed by atoms with E-state index in [1.807, 2.05) is 24.2 Å². The highest BCUT2D eigenvalue weighted by atomic mass is 35.5. The summed E-state index contributed by atoms with van der Waals surface area (Å²) in [7, 11) is 1.87. The van der Waals surface area contributed by atoms with Crippen LogP contribution in [-0.4, -0.2) is 27.1 Å². The van der Waals surface area contributed by atoms with Crippen molar-refractivity contribution in [3.63, 3.8) is 0 Å². The lowest BCUT2D eigenvalue weighted by molar-refractivity contribution is -0.133. The number of rotatable bonds is 3. The van der Waals surface area contributed by atoms with Crippen LogP contribution in [-0.2, 0) is 18.3 Å². The van der Waals surface area contributed by atoms with Gasteiger partial charge in [-0.15, -0.1) is 0 Å². The van der Waals surface area contributed by atoms with Crippen molar-refractivity contribution in [3.8, 4) is 0 Å². The zero-order valence-corrected chi connectivity index (χ0v) is 14.5. The highest BCUT2D eigenvalue weighted by Crippen LogP contribution is 2.30. The minimum atomic E-state index is -0.431. The minimum Gasteiger partial charge on any atom is -0.334 e. The largest absolute Gasteiger partial charge is 0.334 e. The maximum absolute atomic E-state index is 14.0. The second-order valence-electron chi connectivity index (χ2n) is 6.24. The Labute approximate surface area is 146 Å². The summed E-state index contributed by atoms with van der Waals surface area (Å²) in [5.41, 5.74) is 1.17. The third-order valence-corrected chi connectivity index (χ3v) is 4.89. The van der Waals surface area contributed by atoms with Gasteiger partial charge in [-0.05, 0) is 31.0 Å². The summed E-state index contributed by atoms with van der Waals surface area (Å²) < 4.78 is 15.8. The zero-order valence-electron chi connectivity index (χ0n) is 13.7. The van der Waals surface area contributed by atoms with E-state index in [2.05, 4.69) is 5.10 Å².